The molecule has 0 aliphatic heterocycles. The van der Waals surface area contributed by atoms with Gasteiger partial charge in [0.2, 0.25) is 5.56 Å². The van der Waals surface area contributed by atoms with Crippen LogP contribution >= 0.6 is 0 Å². The van der Waals surface area contributed by atoms with Crippen LogP contribution in [0.2, 0.25) is 0 Å². The molecule has 3 aromatic rings. The number of amides is 1. The zero-order valence-corrected chi connectivity index (χ0v) is 17.6. The van der Waals surface area contributed by atoms with Gasteiger partial charge in [-0.2, -0.15) is 0 Å². The molecule has 3 rings (SSSR count). The van der Waals surface area contributed by atoms with Crippen LogP contribution in [-0.4, -0.2) is 23.5 Å². The second kappa shape index (κ2) is 8.95. The Morgan fingerprint density at radius 2 is 1.60 bits per heavy atom. The third-order valence-electron chi connectivity index (χ3n) is 4.94. The van der Waals surface area contributed by atoms with Crippen molar-refractivity contribution in [3.05, 3.63) is 75.6 Å². The van der Waals surface area contributed by atoms with E-state index >= 15 is 0 Å². The molecule has 1 heterocycles. The number of fused-ring (bicyclic) bond motifs is 1. The van der Waals surface area contributed by atoms with Gasteiger partial charge in [0.25, 0.3) is 5.91 Å². The van der Waals surface area contributed by atoms with Crippen molar-refractivity contribution < 1.29 is 14.3 Å². The molecular formula is C24H26N2O4. The van der Waals surface area contributed by atoms with Gasteiger partial charge in [0.05, 0.1) is 5.56 Å². The Bertz CT molecular complexity index is 1120. The molecule has 0 aliphatic rings. The number of benzene rings is 2. The summed E-state index contributed by atoms with van der Waals surface area (Å²) in [6.07, 6.45) is 0. The number of carbonyl (C=O) groups is 2. The third-order valence-corrected chi connectivity index (χ3v) is 4.94. The van der Waals surface area contributed by atoms with Gasteiger partial charge in [0.15, 0.2) is 6.61 Å². The molecule has 2 N–H and O–H groups in total. The Balaban J connectivity index is 1.78. The maximum atomic E-state index is 12.6. The van der Waals surface area contributed by atoms with Crippen molar-refractivity contribution in [2.75, 3.05) is 11.9 Å². The van der Waals surface area contributed by atoms with E-state index in [0.717, 1.165) is 16.8 Å². The first kappa shape index (κ1) is 21.3. The number of rotatable bonds is 6. The smallest absolute Gasteiger partial charge is 0.339 e. The van der Waals surface area contributed by atoms with Crippen molar-refractivity contribution in [2.45, 2.75) is 39.5 Å². The molecule has 0 atom stereocenters. The summed E-state index contributed by atoms with van der Waals surface area (Å²) >= 11 is 0. The molecule has 0 aliphatic carbocycles. The first-order valence-electron chi connectivity index (χ1n) is 9.99. The van der Waals surface area contributed by atoms with Crippen molar-refractivity contribution in [3.8, 4) is 0 Å². The van der Waals surface area contributed by atoms with Crippen molar-refractivity contribution in [1.29, 1.82) is 0 Å². The first-order valence-corrected chi connectivity index (χ1v) is 9.99. The number of hydrogen-bond donors (Lipinski definition) is 2. The SMILES string of the molecule is CC(C)c1cccc(C(C)C)c1NC(=O)COC(=O)c1cc(=O)[nH]c2ccccc12. The van der Waals surface area contributed by atoms with Crippen LogP contribution in [0.3, 0.4) is 0 Å². The molecule has 0 saturated heterocycles. The van der Waals surface area contributed by atoms with Crippen LogP contribution < -0.4 is 10.9 Å². The lowest BCUT2D eigenvalue weighted by molar-refractivity contribution is -0.119. The number of carbonyl (C=O) groups excluding carboxylic acids is 2. The van der Waals surface area contributed by atoms with Gasteiger partial charge in [-0.05, 0) is 29.0 Å². The molecule has 6 nitrogen and oxygen atoms in total. The second-order valence-corrected chi connectivity index (χ2v) is 7.84. The molecule has 0 bridgehead atoms. The number of pyridine rings is 1. The van der Waals surface area contributed by atoms with E-state index in [9.17, 15) is 14.4 Å². The Morgan fingerprint density at radius 3 is 2.23 bits per heavy atom. The fourth-order valence-electron chi connectivity index (χ4n) is 3.45. The predicted octanol–water partition coefficient (Wildman–Crippen LogP) is 4.57. The molecule has 2 aromatic carbocycles. The number of ether oxygens (including phenoxy) is 1. The monoisotopic (exact) mass is 406 g/mol. The largest absolute Gasteiger partial charge is 0.452 e. The van der Waals surface area contributed by atoms with E-state index in [1.165, 1.54) is 6.07 Å². The van der Waals surface area contributed by atoms with Crippen LogP contribution in [0.25, 0.3) is 10.9 Å². The third kappa shape index (κ3) is 4.59. The highest BCUT2D eigenvalue weighted by atomic mass is 16.5. The lowest BCUT2D eigenvalue weighted by Gasteiger charge is -2.20. The van der Waals surface area contributed by atoms with Crippen LogP contribution in [0.15, 0.2) is 53.3 Å². The van der Waals surface area contributed by atoms with Crippen LogP contribution in [-0.2, 0) is 9.53 Å². The van der Waals surface area contributed by atoms with Crippen LogP contribution in [0, 0.1) is 0 Å². The molecule has 6 heteroatoms. The predicted molar refractivity (Wildman–Crippen MR) is 118 cm³/mol. The summed E-state index contributed by atoms with van der Waals surface area (Å²) in [5.74, 6) is -0.686. The molecule has 0 spiro atoms. The fraction of sp³-hybridized carbons (Fsp3) is 0.292. The number of aromatic amines is 1. The summed E-state index contributed by atoms with van der Waals surface area (Å²) in [6.45, 7) is 7.81. The normalized spacial score (nSPS) is 11.1. The van der Waals surface area contributed by atoms with Crippen LogP contribution in [0.4, 0.5) is 5.69 Å². The van der Waals surface area contributed by atoms with Crippen LogP contribution in [0.5, 0.6) is 0 Å². The molecule has 0 fully saturated rings. The number of esters is 1. The zero-order chi connectivity index (χ0) is 21.8. The number of nitrogens with one attached hydrogen (secondary N) is 2. The minimum Gasteiger partial charge on any atom is -0.452 e. The lowest BCUT2D eigenvalue weighted by atomic mass is 9.92. The highest BCUT2D eigenvalue weighted by molar-refractivity contribution is 6.04. The van der Waals surface area contributed by atoms with Gasteiger partial charge in [-0.25, -0.2) is 4.79 Å². The Morgan fingerprint density at radius 1 is 0.967 bits per heavy atom. The van der Waals surface area contributed by atoms with Gasteiger partial charge >= 0.3 is 5.97 Å². The molecule has 156 valence electrons. The van der Waals surface area contributed by atoms with Gasteiger partial charge in [-0.15, -0.1) is 0 Å². The number of aromatic nitrogens is 1. The molecule has 1 aromatic heterocycles. The summed E-state index contributed by atoms with van der Waals surface area (Å²) in [7, 11) is 0. The number of anilines is 1. The molecule has 0 radical (unpaired) electrons. The number of hydrogen-bond acceptors (Lipinski definition) is 4. The summed E-state index contributed by atoms with van der Waals surface area (Å²) in [5, 5.41) is 3.48. The van der Waals surface area contributed by atoms with Crippen LogP contribution in [0.1, 0.15) is 61.0 Å². The van der Waals surface area contributed by atoms with Gasteiger partial charge in [-0.1, -0.05) is 64.1 Å². The minimum atomic E-state index is -0.714. The topological polar surface area (TPSA) is 88.3 Å². The zero-order valence-electron chi connectivity index (χ0n) is 17.6. The molecule has 30 heavy (non-hydrogen) atoms. The van der Waals surface area contributed by atoms with E-state index in [1.54, 1.807) is 24.3 Å². The van der Waals surface area contributed by atoms with E-state index in [4.69, 9.17) is 4.74 Å². The standard InChI is InChI=1S/C24H26N2O4/c1-14(2)16-9-7-10-17(15(3)4)23(16)26-22(28)13-30-24(29)19-12-21(27)25-20-11-6-5-8-18(19)20/h5-12,14-15H,13H2,1-4H3,(H,25,27)(H,26,28). The molecule has 0 saturated carbocycles. The Hall–Kier alpha value is -3.41. The van der Waals surface area contributed by atoms with E-state index in [1.807, 2.05) is 18.2 Å². The van der Waals surface area contributed by atoms with E-state index in [-0.39, 0.29) is 17.4 Å². The average Bonchev–Trinajstić information content (AvgIpc) is 2.71. The number of para-hydroxylation sites is 2. The first-order chi connectivity index (χ1) is 14.3. The number of H-pyrrole nitrogens is 1. The summed E-state index contributed by atoms with van der Waals surface area (Å²) in [4.78, 5) is 39.7. The maximum Gasteiger partial charge on any atom is 0.339 e. The van der Waals surface area contributed by atoms with Crippen molar-refractivity contribution in [2.24, 2.45) is 0 Å². The van der Waals surface area contributed by atoms with Gasteiger partial charge in [-0.3, -0.25) is 9.59 Å². The van der Waals surface area contributed by atoms with Crippen molar-refractivity contribution in [1.82, 2.24) is 4.98 Å². The fourth-order valence-corrected chi connectivity index (χ4v) is 3.45. The second-order valence-electron chi connectivity index (χ2n) is 7.84. The maximum absolute atomic E-state index is 12.6. The summed E-state index contributed by atoms with van der Waals surface area (Å²) in [6, 6.07) is 14.1. The molecular weight excluding hydrogens is 380 g/mol. The molecule has 0 unspecified atom stereocenters. The highest BCUT2D eigenvalue weighted by Gasteiger charge is 2.18. The molecule has 1 amide bonds. The average molecular weight is 406 g/mol. The van der Waals surface area contributed by atoms with Crippen molar-refractivity contribution >= 4 is 28.5 Å². The van der Waals surface area contributed by atoms with E-state index in [0.29, 0.717) is 10.9 Å². The van der Waals surface area contributed by atoms with Gasteiger partial charge in [0.1, 0.15) is 0 Å². The Labute approximate surface area is 175 Å². The van der Waals surface area contributed by atoms with E-state index in [2.05, 4.69) is 38.0 Å². The van der Waals surface area contributed by atoms with Crippen molar-refractivity contribution in [3.63, 3.8) is 0 Å². The summed E-state index contributed by atoms with van der Waals surface area (Å²) < 4.78 is 5.22. The Kier molecular flexibility index (Phi) is 6.35. The highest BCUT2D eigenvalue weighted by Crippen LogP contribution is 2.32. The summed E-state index contributed by atoms with van der Waals surface area (Å²) in [5.41, 5.74) is 3.09. The van der Waals surface area contributed by atoms with Gasteiger partial charge < -0.3 is 15.0 Å². The minimum absolute atomic E-state index is 0.132. The lowest BCUT2D eigenvalue weighted by Crippen LogP contribution is -2.23. The van der Waals surface area contributed by atoms with E-state index < -0.39 is 24.0 Å². The van der Waals surface area contributed by atoms with Gasteiger partial charge in [0, 0.05) is 22.7 Å². The quantitative estimate of drug-likeness (QED) is 0.587.